The second-order valence-electron chi connectivity index (χ2n) is 5.02. The number of rotatable bonds is 5. The number of aromatic nitrogens is 3. The van der Waals surface area contributed by atoms with E-state index in [0.717, 1.165) is 24.2 Å². The van der Waals surface area contributed by atoms with Crippen molar-refractivity contribution in [3.05, 3.63) is 30.1 Å². The SMILES string of the molecule is COc1cc(N)ccc1-n1cc(CCC(C)C)nn1. The van der Waals surface area contributed by atoms with Crippen LogP contribution in [0.3, 0.4) is 0 Å². The predicted octanol–water partition coefficient (Wildman–Crippen LogP) is 2.45. The van der Waals surface area contributed by atoms with Crippen molar-refractivity contribution in [2.45, 2.75) is 26.7 Å². The van der Waals surface area contributed by atoms with Gasteiger partial charge in [-0.1, -0.05) is 19.1 Å². The van der Waals surface area contributed by atoms with Crippen molar-refractivity contribution in [1.82, 2.24) is 15.0 Å². The molecule has 0 aliphatic heterocycles. The number of anilines is 1. The van der Waals surface area contributed by atoms with Crippen molar-refractivity contribution >= 4 is 5.69 Å². The van der Waals surface area contributed by atoms with Gasteiger partial charge in [-0.3, -0.25) is 0 Å². The molecular formula is C14H20N4O. The molecule has 2 rings (SSSR count). The van der Waals surface area contributed by atoms with Crippen LogP contribution in [0.1, 0.15) is 26.0 Å². The molecule has 1 aromatic heterocycles. The largest absolute Gasteiger partial charge is 0.494 e. The number of hydrogen-bond acceptors (Lipinski definition) is 4. The zero-order chi connectivity index (χ0) is 13.8. The highest BCUT2D eigenvalue weighted by Crippen LogP contribution is 2.24. The van der Waals surface area contributed by atoms with Crippen molar-refractivity contribution in [1.29, 1.82) is 0 Å². The van der Waals surface area contributed by atoms with Crippen LogP contribution in [0.15, 0.2) is 24.4 Å². The van der Waals surface area contributed by atoms with Crippen LogP contribution >= 0.6 is 0 Å². The summed E-state index contributed by atoms with van der Waals surface area (Å²) >= 11 is 0. The fourth-order valence-corrected chi connectivity index (χ4v) is 1.85. The lowest BCUT2D eigenvalue weighted by atomic mass is 10.1. The maximum Gasteiger partial charge on any atom is 0.146 e. The van der Waals surface area contributed by atoms with E-state index in [0.29, 0.717) is 17.4 Å². The van der Waals surface area contributed by atoms with E-state index in [1.54, 1.807) is 17.9 Å². The van der Waals surface area contributed by atoms with Gasteiger partial charge in [0.15, 0.2) is 0 Å². The van der Waals surface area contributed by atoms with E-state index in [9.17, 15) is 0 Å². The molecule has 0 unspecified atom stereocenters. The molecule has 5 nitrogen and oxygen atoms in total. The second-order valence-corrected chi connectivity index (χ2v) is 5.02. The molecule has 5 heteroatoms. The number of benzene rings is 1. The van der Waals surface area contributed by atoms with E-state index in [4.69, 9.17) is 10.5 Å². The Kier molecular flexibility index (Phi) is 4.04. The lowest BCUT2D eigenvalue weighted by molar-refractivity contribution is 0.411. The van der Waals surface area contributed by atoms with Crippen LogP contribution in [-0.2, 0) is 6.42 Å². The van der Waals surface area contributed by atoms with Crippen LogP contribution in [0.5, 0.6) is 5.75 Å². The summed E-state index contributed by atoms with van der Waals surface area (Å²) in [5.41, 5.74) is 8.25. The van der Waals surface area contributed by atoms with Crippen molar-refractivity contribution in [2.75, 3.05) is 12.8 Å². The van der Waals surface area contributed by atoms with Crippen LogP contribution in [0, 0.1) is 5.92 Å². The quantitative estimate of drug-likeness (QED) is 0.839. The number of hydrogen-bond donors (Lipinski definition) is 1. The van der Waals surface area contributed by atoms with Crippen LogP contribution in [0.2, 0.25) is 0 Å². The minimum atomic E-state index is 0.663. The molecule has 0 bridgehead atoms. The summed E-state index contributed by atoms with van der Waals surface area (Å²) in [5.74, 6) is 1.36. The van der Waals surface area contributed by atoms with E-state index in [1.165, 1.54) is 0 Å². The van der Waals surface area contributed by atoms with Gasteiger partial charge in [-0.2, -0.15) is 0 Å². The first-order valence-corrected chi connectivity index (χ1v) is 6.45. The van der Waals surface area contributed by atoms with Gasteiger partial charge in [-0.15, -0.1) is 5.10 Å². The van der Waals surface area contributed by atoms with Gasteiger partial charge in [0, 0.05) is 11.8 Å². The summed E-state index contributed by atoms with van der Waals surface area (Å²) in [7, 11) is 1.62. The monoisotopic (exact) mass is 260 g/mol. The third kappa shape index (κ3) is 3.24. The summed E-state index contributed by atoms with van der Waals surface area (Å²) in [6.45, 7) is 4.40. The van der Waals surface area contributed by atoms with Gasteiger partial charge in [0.05, 0.1) is 19.0 Å². The molecule has 0 spiro atoms. The fraction of sp³-hybridized carbons (Fsp3) is 0.429. The number of nitrogen functional groups attached to an aromatic ring is 1. The van der Waals surface area contributed by atoms with E-state index in [1.807, 2.05) is 18.3 Å². The Balaban J connectivity index is 2.22. The highest BCUT2D eigenvalue weighted by molar-refractivity contribution is 5.55. The van der Waals surface area contributed by atoms with Gasteiger partial charge in [-0.25, -0.2) is 4.68 Å². The highest BCUT2D eigenvalue weighted by atomic mass is 16.5. The first kappa shape index (κ1) is 13.4. The van der Waals surface area contributed by atoms with E-state index in [2.05, 4.69) is 24.2 Å². The smallest absolute Gasteiger partial charge is 0.146 e. The van der Waals surface area contributed by atoms with Crippen LogP contribution in [0.4, 0.5) is 5.69 Å². The van der Waals surface area contributed by atoms with Gasteiger partial charge in [0.25, 0.3) is 0 Å². The Bertz CT molecular complexity index is 548. The summed E-state index contributed by atoms with van der Waals surface area (Å²) < 4.78 is 7.05. The van der Waals surface area contributed by atoms with E-state index < -0.39 is 0 Å². The Hall–Kier alpha value is -2.04. The summed E-state index contributed by atoms with van der Waals surface area (Å²) in [6.07, 6.45) is 3.99. The third-order valence-electron chi connectivity index (χ3n) is 2.97. The minimum Gasteiger partial charge on any atom is -0.494 e. The van der Waals surface area contributed by atoms with Gasteiger partial charge >= 0.3 is 0 Å². The van der Waals surface area contributed by atoms with Crippen molar-refractivity contribution in [3.8, 4) is 11.4 Å². The Labute approximate surface area is 113 Å². The number of ether oxygens (including phenoxy) is 1. The molecule has 1 aromatic carbocycles. The van der Waals surface area contributed by atoms with Crippen molar-refractivity contribution in [3.63, 3.8) is 0 Å². The molecule has 0 amide bonds. The second kappa shape index (κ2) is 5.73. The number of aryl methyl sites for hydroxylation is 1. The molecular weight excluding hydrogens is 240 g/mol. The first-order valence-electron chi connectivity index (χ1n) is 6.45. The third-order valence-corrected chi connectivity index (χ3v) is 2.97. The Morgan fingerprint density at radius 1 is 1.37 bits per heavy atom. The molecule has 0 saturated carbocycles. The zero-order valence-corrected chi connectivity index (χ0v) is 11.6. The number of nitrogens with two attached hydrogens (primary N) is 1. The molecule has 2 aromatic rings. The number of nitrogens with zero attached hydrogens (tertiary/aromatic N) is 3. The summed E-state index contributed by atoms with van der Waals surface area (Å²) in [5, 5.41) is 8.34. The Morgan fingerprint density at radius 3 is 2.84 bits per heavy atom. The molecule has 19 heavy (non-hydrogen) atoms. The van der Waals surface area contributed by atoms with Crippen LogP contribution in [0.25, 0.3) is 5.69 Å². The van der Waals surface area contributed by atoms with Crippen LogP contribution in [-0.4, -0.2) is 22.1 Å². The van der Waals surface area contributed by atoms with E-state index >= 15 is 0 Å². The maximum atomic E-state index is 5.74. The standard InChI is InChI=1S/C14H20N4O/c1-10(2)4-6-12-9-18(17-16-12)13-7-5-11(15)8-14(13)19-3/h5,7-10H,4,6,15H2,1-3H3. The van der Waals surface area contributed by atoms with Crippen molar-refractivity contribution in [2.24, 2.45) is 5.92 Å². The lowest BCUT2D eigenvalue weighted by Gasteiger charge is -2.08. The molecule has 2 N–H and O–H groups in total. The molecule has 0 saturated heterocycles. The lowest BCUT2D eigenvalue weighted by Crippen LogP contribution is -1.99. The van der Waals surface area contributed by atoms with Gasteiger partial charge in [-0.05, 0) is 30.9 Å². The van der Waals surface area contributed by atoms with Crippen molar-refractivity contribution < 1.29 is 4.74 Å². The molecule has 1 heterocycles. The highest BCUT2D eigenvalue weighted by Gasteiger charge is 2.09. The Morgan fingerprint density at radius 2 is 2.16 bits per heavy atom. The molecule has 0 fully saturated rings. The van der Waals surface area contributed by atoms with E-state index in [-0.39, 0.29) is 0 Å². The molecule has 0 aliphatic carbocycles. The average Bonchev–Trinajstić information content (AvgIpc) is 2.84. The minimum absolute atomic E-state index is 0.663. The fourth-order valence-electron chi connectivity index (χ4n) is 1.85. The average molecular weight is 260 g/mol. The number of methoxy groups -OCH3 is 1. The summed E-state index contributed by atoms with van der Waals surface area (Å²) in [4.78, 5) is 0. The molecule has 0 aliphatic rings. The normalized spacial score (nSPS) is 10.9. The predicted molar refractivity (Wildman–Crippen MR) is 75.5 cm³/mol. The van der Waals surface area contributed by atoms with Gasteiger partial charge in [0.1, 0.15) is 11.4 Å². The molecule has 102 valence electrons. The van der Waals surface area contributed by atoms with Crippen LogP contribution < -0.4 is 10.5 Å². The zero-order valence-electron chi connectivity index (χ0n) is 11.6. The topological polar surface area (TPSA) is 66.0 Å². The summed E-state index contributed by atoms with van der Waals surface area (Å²) in [6, 6.07) is 5.49. The van der Waals surface area contributed by atoms with Gasteiger partial charge in [0.2, 0.25) is 0 Å². The van der Waals surface area contributed by atoms with Gasteiger partial charge < -0.3 is 10.5 Å². The molecule has 0 atom stereocenters. The molecule has 0 radical (unpaired) electrons. The first-order chi connectivity index (χ1) is 9.10. The maximum absolute atomic E-state index is 5.74.